The predicted molar refractivity (Wildman–Crippen MR) is 105 cm³/mol. The van der Waals surface area contributed by atoms with Crippen molar-refractivity contribution in [3.63, 3.8) is 0 Å². The van der Waals surface area contributed by atoms with Crippen LogP contribution >= 0.6 is 11.3 Å². The van der Waals surface area contributed by atoms with Gasteiger partial charge in [0.25, 0.3) is 0 Å². The second-order valence-electron chi connectivity index (χ2n) is 7.39. The van der Waals surface area contributed by atoms with E-state index >= 15 is 0 Å². The van der Waals surface area contributed by atoms with Gasteiger partial charge in [-0.05, 0) is 30.5 Å². The Labute approximate surface area is 167 Å². The fourth-order valence-corrected chi connectivity index (χ4v) is 4.93. The Hall–Kier alpha value is -1.87. The first-order valence-electron chi connectivity index (χ1n) is 9.44. The summed E-state index contributed by atoms with van der Waals surface area (Å²) >= 11 is 1.44. The van der Waals surface area contributed by atoms with Gasteiger partial charge in [0.15, 0.2) is 5.13 Å². The number of halogens is 1. The van der Waals surface area contributed by atoms with Crippen LogP contribution in [0.25, 0.3) is 0 Å². The second kappa shape index (κ2) is 8.24. The third kappa shape index (κ3) is 4.25. The molecule has 1 N–H and O–H groups in total. The van der Waals surface area contributed by atoms with Gasteiger partial charge in [0.05, 0.1) is 12.6 Å². The van der Waals surface area contributed by atoms with Gasteiger partial charge in [-0.2, -0.15) is 0 Å². The van der Waals surface area contributed by atoms with Crippen LogP contribution in [0.3, 0.4) is 0 Å². The summed E-state index contributed by atoms with van der Waals surface area (Å²) in [6.45, 7) is 2.46. The van der Waals surface area contributed by atoms with E-state index in [0.717, 1.165) is 29.9 Å². The fraction of sp³-hybridized carbons (Fsp3) is 0.500. The molecule has 1 spiro atoms. The molecule has 0 saturated carbocycles. The van der Waals surface area contributed by atoms with Crippen molar-refractivity contribution >= 4 is 22.4 Å². The minimum atomic E-state index is -0.265. The lowest BCUT2D eigenvalue weighted by atomic mass is 9.97. The summed E-state index contributed by atoms with van der Waals surface area (Å²) in [4.78, 5) is 19.9. The normalized spacial score (nSPS) is 24.9. The molecular formula is C20H24FN3O3S. The maximum Gasteiger partial charge on any atom is 0.240 e. The number of anilines is 1. The summed E-state index contributed by atoms with van der Waals surface area (Å²) in [5.41, 5.74) is 0.742. The number of thiazole rings is 1. The number of rotatable bonds is 6. The van der Waals surface area contributed by atoms with Gasteiger partial charge in [-0.15, -0.1) is 11.3 Å². The summed E-state index contributed by atoms with van der Waals surface area (Å²) in [6.07, 6.45) is 4.43. The molecule has 8 heteroatoms. The van der Waals surface area contributed by atoms with Gasteiger partial charge < -0.3 is 14.8 Å². The molecule has 0 aliphatic carbocycles. The van der Waals surface area contributed by atoms with Gasteiger partial charge in [-0.25, -0.2) is 9.37 Å². The number of hydrogen-bond donors (Lipinski definition) is 1. The first-order chi connectivity index (χ1) is 13.6. The second-order valence-corrected chi connectivity index (χ2v) is 8.51. The molecule has 1 amide bonds. The highest BCUT2D eigenvalue weighted by Crippen LogP contribution is 2.36. The van der Waals surface area contributed by atoms with Crippen LogP contribution < -0.4 is 5.32 Å². The maximum atomic E-state index is 13.0. The van der Waals surface area contributed by atoms with E-state index in [1.54, 1.807) is 25.4 Å². The lowest BCUT2D eigenvalue weighted by Crippen LogP contribution is -2.42. The highest BCUT2D eigenvalue weighted by atomic mass is 32.1. The van der Waals surface area contributed by atoms with Crippen molar-refractivity contribution in [1.29, 1.82) is 0 Å². The third-order valence-corrected chi connectivity index (χ3v) is 6.29. The summed E-state index contributed by atoms with van der Waals surface area (Å²) in [7, 11) is 1.70. The van der Waals surface area contributed by atoms with Crippen molar-refractivity contribution in [2.75, 3.05) is 38.7 Å². The molecule has 2 saturated heterocycles. The Bertz CT molecular complexity index is 820. The molecule has 4 rings (SSSR count). The van der Waals surface area contributed by atoms with Crippen LogP contribution in [0.5, 0.6) is 0 Å². The lowest BCUT2D eigenvalue weighted by molar-refractivity contribution is -0.117. The smallest absolute Gasteiger partial charge is 0.240 e. The van der Waals surface area contributed by atoms with Gasteiger partial charge in [-0.1, -0.05) is 12.1 Å². The molecule has 2 fully saturated rings. The summed E-state index contributed by atoms with van der Waals surface area (Å²) in [5.74, 6) is -0.337. The number of amides is 1. The molecule has 0 bridgehead atoms. The number of benzene rings is 1. The van der Waals surface area contributed by atoms with Crippen LogP contribution in [0.2, 0.25) is 0 Å². The summed E-state index contributed by atoms with van der Waals surface area (Å²) < 4.78 is 24.6. The number of carbonyl (C=O) groups excluding carboxylic acids is 1. The monoisotopic (exact) mass is 405 g/mol. The first kappa shape index (κ1) is 19.4. The third-order valence-electron chi connectivity index (χ3n) is 5.38. The first-order valence-corrected chi connectivity index (χ1v) is 10.3. The average molecular weight is 405 g/mol. The van der Waals surface area contributed by atoms with E-state index in [0.29, 0.717) is 24.6 Å². The van der Waals surface area contributed by atoms with Gasteiger partial charge in [0.2, 0.25) is 5.91 Å². The SMILES string of the molecule is CO[C@@H]1CN(CC(=O)Nc2ncc(Cc3ccc(F)cc3)s2)C[C@]12CCCO2. The molecule has 2 aliphatic heterocycles. The standard InChI is InChI=1S/C20H24FN3O3S/c1-26-17-11-24(13-20(17)7-2-8-27-20)12-18(25)23-19-22-10-16(28-19)9-14-3-5-15(21)6-4-14/h3-6,10,17H,2,7-9,11-13H2,1H3,(H,22,23,25)/t17-,20-/m1/s1. The van der Waals surface area contributed by atoms with Crippen LogP contribution in [0.1, 0.15) is 23.3 Å². The van der Waals surface area contributed by atoms with E-state index in [1.807, 2.05) is 0 Å². The number of ether oxygens (including phenoxy) is 2. The van der Waals surface area contributed by atoms with E-state index in [9.17, 15) is 9.18 Å². The Morgan fingerprint density at radius 3 is 3.00 bits per heavy atom. The van der Waals surface area contributed by atoms with E-state index in [1.165, 1.54) is 23.5 Å². The van der Waals surface area contributed by atoms with Crippen molar-refractivity contribution in [2.45, 2.75) is 31.0 Å². The summed E-state index contributed by atoms with van der Waals surface area (Å²) in [6, 6.07) is 6.41. The highest BCUT2D eigenvalue weighted by molar-refractivity contribution is 7.15. The number of hydrogen-bond acceptors (Lipinski definition) is 6. The zero-order valence-electron chi connectivity index (χ0n) is 15.8. The zero-order chi connectivity index (χ0) is 19.6. The number of nitrogens with one attached hydrogen (secondary N) is 1. The molecule has 28 heavy (non-hydrogen) atoms. The minimum Gasteiger partial charge on any atom is -0.377 e. The topological polar surface area (TPSA) is 63.7 Å². The predicted octanol–water partition coefficient (Wildman–Crippen LogP) is 2.69. The van der Waals surface area contributed by atoms with Crippen molar-refractivity contribution in [2.24, 2.45) is 0 Å². The molecule has 2 aromatic rings. The molecule has 1 aromatic carbocycles. The number of likely N-dealkylation sites (tertiary alicyclic amines) is 1. The molecule has 2 aliphatic rings. The van der Waals surface area contributed by atoms with Crippen LogP contribution in [-0.2, 0) is 20.7 Å². The number of carbonyl (C=O) groups is 1. The van der Waals surface area contributed by atoms with Gasteiger partial charge in [0, 0.05) is 44.3 Å². The van der Waals surface area contributed by atoms with Crippen molar-refractivity contribution in [3.8, 4) is 0 Å². The van der Waals surface area contributed by atoms with Crippen molar-refractivity contribution < 1.29 is 18.7 Å². The zero-order valence-corrected chi connectivity index (χ0v) is 16.6. The van der Waals surface area contributed by atoms with Crippen LogP contribution in [-0.4, -0.2) is 60.8 Å². The molecule has 1 aromatic heterocycles. The van der Waals surface area contributed by atoms with Crippen molar-refractivity contribution in [1.82, 2.24) is 9.88 Å². The molecule has 150 valence electrons. The van der Waals surface area contributed by atoms with E-state index in [4.69, 9.17) is 9.47 Å². The number of methoxy groups -OCH3 is 1. The quantitative estimate of drug-likeness (QED) is 0.801. The Balaban J connectivity index is 1.31. The van der Waals surface area contributed by atoms with Crippen LogP contribution in [0, 0.1) is 5.82 Å². The number of aromatic nitrogens is 1. The van der Waals surface area contributed by atoms with E-state index in [-0.39, 0.29) is 30.0 Å². The molecule has 3 heterocycles. The van der Waals surface area contributed by atoms with E-state index in [2.05, 4.69) is 15.2 Å². The Morgan fingerprint density at radius 2 is 2.29 bits per heavy atom. The largest absolute Gasteiger partial charge is 0.377 e. The lowest BCUT2D eigenvalue weighted by Gasteiger charge is -2.28. The van der Waals surface area contributed by atoms with Gasteiger partial charge >= 0.3 is 0 Å². The molecule has 2 atom stereocenters. The van der Waals surface area contributed by atoms with Crippen LogP contribution in [0.4, 0.5) is 9.52 Å². The molecule has 0 unspecified atom stereocenters. The molecule has 6 nitrogen and oxygen atoms in total. The Kier molecular flexibility index (Phi) is 5.73. The molecule has 0 radical (unpaired) electrons. The van der Waals surface area contributed by atoms with Crippen LogP contribution in [0.15, 0.2) is 30.5 Å². The maximum absolute atomic E-state index is 13.0. The van der Waals surface area contributed by atoms with Crippen molar-refractivity contribution in [3.05, 3.63) is 46.7 Å². The molecular weight excluding hydrogens is 381 g/mol. The number of nitrogens with zero attached hydrogens (tertiary/aromatic N) is 2. The minimum absolute atomic E-state index is 0.00461. The van der Waals surface area contributed by atoms with E-state index < -0.39 is 0 Å². The average Bonchev–Trinajstić information content (AvgIpc) is 3.39. The summed E-state index contributed by atoms with van der Waals surface area (Å²) in [5, 5.41) is 3.46. The van der Waals surface area contributed by atoms with Gasteiger partial charge in [-0.3, -0.25) is 9.69 Å². The van der Waals surface area contributed by atoms with Gasteiger partial charge in [0.1, 0.15) is 11.4 Å². The highest BCUT2D eigenvalue weighted by Gasteiger charge is 2.50. The Morgan fingerprint density at radius 1 is 1.46 bits per heavy atom. The fourth-order valence-electron chi connectivity index (χ4n) is 4.07.